The summed E-state index contributed by atoms with van der Waals surface area (Å²) in [5, 5.41) is 22.6. The molecule has 0 aliphatic rings. The number of allylic oxidation sites excluding steroid dienone is 2. The topological polar surface area (TPSA) is 40.5 Å². The molecule has 0 aliphatic heterocycles. The maximum atomic E-state index is 10.8. The van der Waals surface area contributed by atoms with E-state index in [-0.39, 0.29) is 13.2 Å². The van der Waals surface area contributed by atoms with Crippen molar-refractivity contribution in [1.29, 1.82) is 0 Å². The summed E-state index contributed by atoms with van der Waals surface area (Å²) in [7, 11) is 0. The number of aliphatic hydroxyl groups excluding tert-OH is 2. The van der Waals surface area contributed by atoms with Crippen LogP contribution in [0.1, 0.15) is 70.4 Å². The van der Waals surface area contributed by atoms with Crippen LogP contribution in [0.5, 0.6) is 0 Å². The molecule has 0 radical (unpaired) electrons. The molecule has 0 unspecified atom stereocenters. The van der Waals surface area contributed by atoms with E-state index in [1.54, 1.807) is 0 Å². The molecule has 2 aromatic carbocycles. The molecule has 2 N–H and O–H groups in total. The van der Waals surface area contributed by atoms with Crippen molar-refractivity contribution < 1.29 is 10.2 Å². The molecule has 0 spiro atoms. The number of hydrogen-bond donors (Lipinski definition) is 2. The predicted molar refractivity (Wildman–Crippen MR) is 164 cm³/mol. The van der Waals surface area contributed by atoms with Crippen molar-refractivity contribution in [1.82, 2.24) is 0 Å². The Morgan fingerprint density at radius 1 is 0.703 bits per heavy atom. The van der Waals surface area contributed by atoms with Gasteiger partial charge in [-0.2, -0.15) is 0 Å². The number of hydrogen-bond acceptors (Lipinski definition) is 2. The summed E-state index contributed by atoms with van der Waals surface area (Å²) in [6, 6.07) is 16.0. The Kier molecular flexibility index (Phi) is 15.5. The van der Waals surface area contributed by atoms with Crippen molar-refractivity contribution in [3.63, 3.8) is 0 Å². The van der Waals surface area contributed by atoms with E-state index in [0.29, 0.717) is 6.42 Å². The van der Waals surface area contributed by atoms with Crippen LogP contribution in [0, 0.1) is 0 Å². The molecule has 2 rings (SSSR count). The Morgan fingerprint density at radius 2 is 1.14 bits per heavy atom. The number of rotatable bonds is 17. The van der Waals surface area contributed by atoms with Gasteiger partial charge in [0.2, 0.25) is 0 Å². The molecule has 0 atom stereocenters. The second-order valence-electron chi connectivity index (χ2n) is 10.2. The average Bonchev–Trinajstić information content (AvgIpc) is 2.91. The summed E-state index contributed by atoms with van der Waals surface area (Å²) < 4.78 is 5.36. The molecule has 0 heterocycles. The Labute approximate surface area is 239 Å². The maximum absolute atomic E-state index is 10.8. The monoisotopic (exact) mass is 652 g/mol. The van der Waals surface area contributed by atoms with Crippen LogP contribution < -0.4 is 0 Å². The van der Waals surface area contributed by atoms with E-state index in [1.165, 1.54) is 66.6 Å². The number of unbranched alkanes of at least 4 members (excludes halogenated alkanes) is 3. The van der Waals surface area contributed by atoms with Gasteiger partial charge in [0.1, 0.15) is 0 Å². The van der Waals surface area contributed by atoms with Gasteiger partial charge in [0.25, 0.3) is 0 Å². The fourth-order valence-electron chi connectivity index (χ4n) is 5.40. The summed E-state index contributed by atoms with van der Waals surface area (Å²) in [4.78, 5) is 0. The zero-order valence-electron chi connectivity index (χ0n) is 23.0. The summed E-state index contributed by atoms with van der Waals surface area (Å²) >= 11 is 9.43. The van der Waals surface area contributed by atoms with Crippen molar-refractivity contribution >= 4 is 41.6 Å². The first-order valence-corrected chi connectivity index (χ1v) is 22.3. The molecule has 2 aromatic rings. The van der Waals surface area contributed by atoms with Crippen molar-refractivity contribution in [2.24, 2.45) is 0 Å². The van der Waals surface area contributed by atoms with E-state index in [1.807, 2.05) is 24.3 Å². The molecular formula is C32H46Cl2O2Sn. The third-order valence-electron chi connectivity index (χ3n) is 7.46. The van der Waals surface area contributed by atoms with Crippen LogP contribution in [0.2, 0.25) is 23.4 Å². The zero-order chi connectivity index (χ0) is 27.1. The Morgan fingerprint density at radius 3 is 1.51 bits per heavy atom. The SMILES string of the molecule is CCC[CH2][Sn]([CH2]CCC)([CH2]CCC)[C](=C/CO)/C(Cc1ccc(Cl)cc1)=C(/CO)Cc1ccc(Cl)cc1. The normalized spacial score (nSPS) is 13.1. The first-order chi connectivity index (χ1) is 17.9. The second-order valence-corrected chi connectivity index (χ2v) is 24.2. The van der Waals surface area contributed by atoms with Gasteiger partial charge in [0, 0.05) is 0 Å². The van der Waals surface area contributed by atoms with E-state index >= 15 is 0 Å². The van der Waals surface area contributed by atoms with Crippen LogP contribution in [-0.2, 0) is 12.8 Å². The first kappa shape index (κ1) is 32.4. The van der Waals surface area contributed by atoms with E-state index < -0.39 is 18.4 Å². The Hall–Kier alpha value is -0.781. The summed E-state index contributed by atoms with van der Waals surface area (Å²) in [6.45, 7) is 6.91. The molecule has 0 saturated carbocycles. The van der Waals surface area contributed by atoms with Gasteiger partial charge in [-0.05, 0) is 0 Å². The molecule has 0 bridgehead atoms. The molecular weight excluding hydrogens is 606 g/mol. The summed E-state index contributed by atoms with van der Waals surface area (Å²) in [6.07, 6.45) is 10.9. The first-order valence-electron chi connectivity index (χ1n) is 14.0. The third-order valence-corrected chi connectivity index (χ3v) is 23.9. The van der Waals surface area contributed by atoms with Gasteiger partial charge >= 0.3 is 241 Å². The van der Waals surface area contributed by atoms with Gasteiger partial charge < -0.3 is 0 Å². The molecule has 204 valence electrons. The average molecular weight is 652 g/mol. The van der Waals surface area contributed by atoms with E-state index in [0.717, 1.165) is 27.6 Å². The van der Waals surface area contributed by atoms with Crippen LogP contribution in [0.3, 0.4) is 0 Å². The van der Waals surface area contributed by atoms with Gasteiger partial charge in [0.15, 0.2) is 0 Å². The van der Waals surface area contributed by atoms with Crippen LogP contribution in [0.4, 0.5) is 0 Å². The molecule has 2 nitrogen and oxygen atoms in total. The Bertz CT molecular complexity index is 959. The molecule has 0 aromatic heterocycles. The van der Waals surface area contributed by atoms with Crippen molar-refractivity contribution in [2.75, 3.05) is 13.2 Å². The van der Waals surface area contributed by atoms with Gasteiger partial charge in [0.05, 0.1) is 0 Å². The molecule has 0 saturated heterocycles. The summed E-state index contributed by atoms with van der Waals surface area (Å²) in [5.41, 5.74) is 4.64. The minimum absolute atomic E-state index is 0.00556. The minimum atomic E-state index is -2.95. The molecule has 0 aliphatic carbocycles. The van der Waals surface area contributed by atoms with Crippen molar-refractivity contribution in [2.45, 2.75) is 85.4 Å². The fraction of sp³-hybridized carbons (Fsp3) is 0.500. The molecule has 0 amide bonds. The van der Waals surface area contributed by atoms with E-state index in [4.69, 9.17) is 23.2 Å². The van der Waals surface area contributed by atoms with Crippen molar-refractivity contribution in [3.8, 4) is 0 Å². The summed E-state index contributed by atoms with van der Waals surface area (Å²) in [5.74, 6) is 0. The van der Waals surface area contributed by atoms with Crippen LogP contribution in [0.15, 0.2) is 69.3 Å². The van der Waals surface area contributed by atoms with Crippen LogP contribution in [-0.4, -0.2) is 41.8 Å². The zero-order valence-corrected chi connectivity index (χ0v) is 27.4. The van der Waals surface area contributed by atoms with Crippen LogP contribution in [0.25, 0.3) is 0 Å². The molecule has 37 heavy (non-hydrogen) atoms. The second kappa shape index (κ2) is 17.7. The van der Waals surface area contributed by atoms with Crippen molar-refractivity contribution in [3.05, 3.63) is 90.5 Å². The van der Waals surface area contributed by atoms with Gasteiger partial charge in [-0.25, -0.2) is 0 Å². The molecule has 5 heteroatoms. The van der Waals surface area contributed by atoms with Gasteiger partial charge in [-0.1, -0.05) is 0 Å². The number of halogens is 2. The predicted octanol–water partition coefficient (Wildman–Crippen LogP) is 9.37. The third kappa shape index (κ3) is 10.4. The molecule has 0 fully saturated rings. The van der Waals surface area contributed by atoms with Gasteiger partial charge in [-0.3, -0.25) is 0 Å². The van der Waals surface area contributed by atoms with E-state index in [9.17, 15) is 10.2 Å². The number of aliphatic hydroxyl groups is 2. The van der Waals surface area contributed by atoms with E-state index in [2.05, 4.69) is 51.1 Å². The standard InChI is InChI=1S/C20H19Cl2O2.3C4H9.Sn/c21-19-7-3-15(4-8-19)12-17(2-1-11-23)18(14-24)13-16-5-9-20(22)10-6-16;3*1-3-4-2;/h1,3-10,23-24H,11-14H2;3*1,3-4H2,2H3;/b2-1?,18-17-;;;;. The quantitative estimate of drug-likeness (QED) is 0.132. The Balaban J connectivity index is 2.74. The van der Waals surface area contributed by atoms with Gasteiger partial charge in [-0.15, -0.1) is 0 Å². The fourth-order valence-corrected chi connectivity index (χ4v) is 23.0. The number of benzene rings is 2. The van der Waals surface area contributed by atoms with Crippen LogP contribution >= 0.6 is 23.2 Å².